The van der Waals surface area contributed by atoms with Crippen LogP contribution in [0, 0.1) is 5.82 Å². The summed E-state index contributed by atoms with van der Waals surface area (Å²) in [7, 11) is 1.78. The van der Waals surface area contributed by atoms with Crippen molar-refractivity contribution < 1.29 is 13.9 Å². The van der Waals surface area contributed by atoms with E-state index in [4.69, 9.17) is 9.47 Å². The second kappa shape index (κ2) is 10.4. The fourth-order valence-electron chi connectivity index (χ4n) is 3.17. The number of aliphatic imine (C=N–C) groups is 1. The largest absolute Gasteiger partial charge is 0.379 e. The average molecular weight is 477 g/mol. The summed E-state index contributed by atoms with van der Waals surface area (Å²) in [4.78, 5) is 4.28. The van der Waals surface area contributed by atoms with E-state index in [0.717, 1.165) is 64.6 Å². The molecule has 1 atom stereocenters. The molecule has 2 aliphatic rings. The zero-order chi connectivity index (χ0) is 17.5. The number of ether oxygens (including phenoxy) is 2. The Morgan fingerprint density at radius 3 is 2.69 bits per heavy atom. The van der Waals surface area contributed by atoms with Crippen molar-refractivity contribution in [2.75, 3.05) is 40.0 Å². The maximum Gasteiger partial charge on any atom is 0.191 e. The van der Waals surface area contributed by atoms with Crippen molar-refractivity contribution in [1.82, 2.24) is 10.6 Å². The molecular weight excluding hydrogens is 448 g/mol. The van der Waals surface area contributed by atoms with Gasteiger partial charge in [-0.1, -0.05) is 12.1 Å². The summed E-state index contributed by atoms with van der Waals surface area (Å²) in [6, 6.07) is 6.87. The lowest BCUT2D eigenvalue weighted by Gasteiger charge is -2.19. The standard InChI is InChI=1S/C19H28FN3O2.HI/c1-21-18(22-10-2-11-25-17-7-12-24-13-17)23-14-19(8-9-19)15-3-5-16(20)6-4-15;/h3-6,17H,2,7-14H2,1H3,(H2,21,22,23);1H. The number of hydrogen-bond donors (Lipinski definition) is 2. The summed E-state index contributed by atoms with van der Waals surface area (Å²) in [5.41, 5.74) is 1.32. The lowest BCUT2D eigenvalue weighted by Crippen LogP contribution is -2.41. The smallest absolute Gasteiger partial charge is 0.191 e. The monoisotopic (exact) mass is 477 g/mol. The topological polar surface area (TPSA) is 54.9 Å². The Hall–Kier alpha value is -0.930. The van der Waals surface area contributed by atoms with E-state index in [2.05, 4.69) is 15.6 Å². The number of nitrogens with one attached hydrogen (secondary N) is 2. The average Bonchev–Trinajstić information content (AvgIpc) is 3.24. The molecule has 26 heavy (non-hydrogen) atoms. The van der Waals surface area contributed by atoms with Crippen molar-refractivity contribution in [2.24, 2.45) is 4.99 Å². The highest BCUT2D eigenvalue weighted by atomic mass is 127. The summed E-state index contributed by atoms with van der Waals surface area (Å²) in [6.45, 7) is 3.90. The van der Waals surface area contributed by atoms with E-state index in [1.807, 2.05) is 12.1 Å². The van der Waals surface area contributed by atoms with Crippen LogP contribution in [0.25, 0.3) is 0 Å². The van der Waals surface area contributed by atoms with Crippen LogP contribution >= 0.6 is 24.0 Å². The fraction of sp³-hybridized carbons (Fsp3) is 0.632. The van der Waals surface area contributed by atoms with Crippen LogP contribution < -0.4 is 10.6 Å². The van der Waals surface area contributed by atoms with Gasteiger partial charge in [-0.3, -0.25) is 4.99 Å². The van der Waals surface area contributed by atoms with E-state index < -0.39 is 0 Å². The first-order valence-corrected chi connectivity index (χ1v) is 9.12. The Kier molecular flexibility index (Phi) is 8.56. The maximum absolute atomic E-state index is 13.1. The Balaban J connectivity index is 0.00000243. The Morgan fingerprint density at radius 1 is 1.31 bits per heavy atom. The number of nitrogens with zero attached hydrogens (tertiary/aromatic N) is 1. The van der Waals surface area contributed by atoms with Gasteiger partial charge in [0.05, 0.1) is 12.7 Å². The van der Waals surface area contributed by atoms with Crippen LogP contribution in [0.15, 0.2) is 29.3 Å². The van der Waals surface area contributed by atoms with E-state index >= 15 is 0 Å². The molecule has 0 bridgehead atoms. The SMILES string of the molecule is CN=C(NCCCOC1CCOC1)NCC1(c2ccc(F)cc2)CC1.I. The molecule has 1 unspecified atom stereocenters. The van der Waals surface area contributed by atoms with Crippen LogP contribution in [-0.4, -0.2) is 52.0 Å². The molecule has 2 N–H and O–H groups in total. The Morgan fingerprint density at radius 2 is 2.08 bits per heavy atom. The molecule has 1 saturated heterocycles. The molecule has 0 spiro atoms. The highest BCUT2D eigenvalue weighted by Crippen LogP contribution is 2.47. The minimum Gasteiger partial charge on any atom is -0.379 e. The first-order chi connectivity index (χ1) is 12.2. The molecule has 1 aromatic rings. The minimum atomic E-state index is -0.184. The van der Waals surface area contributed by atoms with Gasteiger partial charge in [0.1, 0.15) is 5.82 Å². The minimum absolute atomic E-state index is 0. The second-order valence-corrected chi connectivity index (χ2v) is 6.85. The van der Waals surface area contributed by atoms with E-state index in [1.165, 1.54) is 17.7 Å². The van der Waals surface area contributed by atoms with Gasteiger partial charge in [0.2, 0.25) is 0 Å². The summed E-state index contributed by atoms with van der Waals surface area (Å²) in [5.74, 6) is 0.619. The Bertz CT molecular complexity index is 573. The normalized spacial score (nSPS) is 21.2. The number of guanidine groups is 1. The third-order valence-corrected chi connectivity index (χ3v) is 4.98. The number of rotatable bonds is 8. The van der Waals surface area contributed by atoms with Gasteiger partial charge < -0.3 is 20.1 Å². The summed E-state index contributed by atoms with van der Waals surface area (Å²) >= 11 is 0. The molecule has 146 valence electrons. The highest BCUT2D eigenvalue weighted by Gasteiger charge is 2.44. The van der Waals surface area contributed by atoms with Crippen LogP contribution in [0.1, 0.15) is 31.2 Å². The van der Waals surface area contributed by atoms with E-state index in [-0.39, 0.29) is 41.3 Å². The predicted octanol–water partition coefficient (Wildman–Crippen LogP) is 2.84. The molecule has 1 aliphatic heterocycles. The molecule has 3 rings (SSSR count). The van der Waals surface area contributed by atoms with Gasteiger partial charge in [-0.05, 0) is 43.4 Å². The van der Waals surface area contributed by atoms with Gasteiger partial charge in [0.15, 0.2) is 5.96 Å². The van der Waals surface area contributed by atoms with Crippen molar-refractivity contribution in [3.8, 4) is 0 Å². The van der Waals surface area contributed by atoms with Crippen LogP contribution in [0.3, 0.4) is 0 Å². The van der Waals surface area contributed by atoms with Gasteiger partial charge in [0, 0.05) is 38.8 Å². The van der Waals surface area contributed by atoms with Gasteiger partial charge >= 0.3 is 0 Å². The molecule has 1 aliphatic carbocycles. The lowest BCUT2D eigenvalue weighted by atomic mass is 9.96. The fourth-order valence-corrected chi connectivity index (χ4v) is 3.17. The van der Waals surface area contributed by atoms with Crippen LogP contribution in [-0.2, 0) is 14.9 Å². The molecule has 2 fully saturated rings. The zero-order valence-electron chi connectivity index (χ0n) is 15.3. The van der Waals surface area contributed by atoms with Crippen LogP contribution in [0.2, 0.25) is 0 Å². The van der Waals surface area contributed by atoms with Crippen molar-refractivity contribution >= 4 is 29.9 Å². The van der Waals surface area contributed by atoms with E-state index in [0.29, 0.717) is 0 Å². The van der Waals surface area contributed by atoms with Gasteiger partial charge in [-0.15, -0.1) is 24.0 Å². The number of hydrogen-bond acceptors (Lipinski definition) is 3. The first kappa shape index (κ1) is 21.4. The summed E-state index contributed by atoms with van der Waals surface area (Å²) in [5, 5.41) is 6.73. The predicted molar refractivity (Wildman–Crippen MR) is 112 cm³/mol. The third-order valence-electron chi connectivity index (χ3n) is 4.98. The molecule has 7 heteroatoms. The molecular formula is C19H29FIN3O2. The van der Waals surface area contributed by atoms with E-state index in [9.17, 15) is 4.39 Å². The zero-order valence-corrected chi connectivity index (χ0v) is 17.6. The summed E-state index contributed by atoms with van der Waals surface area (Å²) < 4.78 is 24.1. The van der Waals surface area contributed by atoms with Gasteiger partial charge in [-0.25, -0.2) is 4.39 Å². The summed E-state index contributed by atoms with van der Waals surface area (Å²) in [6.07, 6.45) is 4.45. The molecule has 1 aromatic carbocycles. The molecule has 1 heterocycles. The quantitative estimate of drug-likeness (QED) is 0.262. The number of benzene rings is 1. The van der Waals surface area contributed by atoms with Gasteiger partial charge in [0.25, 0.3) is 0 Å². The van der Waals surface area contributed by atoms with Crippen molar-refractivity contribution in [3.63, 3.8) is 0 Å². The van der Waals surface area contributed by atoms with Crippen molar-refractivity contribution in [3.05, 3.63) is 35.6 Å². The molecule has 0 aromatic heterocycles. The molecule has 0 amide bonds. The first-order valence-electron chi connectivity index (χ1n) is 9.12. The molecule has 5 nitrogen and oxygen atoms in total. The van der Waals surface area contributed by atoms with Crippen molar-refractivity contribution in [2.45, 2.75) is 37.2 Å². The lowest BCUT2D eigenvalue weighted by molar-refractivity contribution is 0.0420. The van der Waals surface area contributed by atoms with E-state index in [1.54, 1.807) is 7.05 Å². The highest BCUT2D eigenvalue weighted by molar-refractivity contribution is 14.0. The molecule has 0 radical (unpaired) electrons. The second-order valence-electron chi connectivity index (χ2n) is 6.85. The third kappa shape index (κ3) is 6.06. The van der Waals surface area contributed by atoms with Gasteiger partial charge in [-0.2, -0.15) is 0 Å². The van der Waals surface area contributed by atoms with Crippen molar-refractivity contribution in [1.29, 1.82) is 0 Å². The maximum atomic E-state index is 13.1. The molecule has 1 saturated carbocycles. The van der Waals surface area contributed by atoms with Crippen LogP contribution in [0.5, 0.6) is 0 Å². The number of halogens is 2. The van der Waals surface area contributed by atoms with Crippen LogP contribution in [0.4, 0.5) is 4.39 Å². The Labute approximate surface area is 172 Å².